The van der Waals surface area contributed by atoms with Crippen molar-refractivity contribution in [1.82, 2.24) is 0 Å². The summed E-state index contributed by atoms with van der Waals surface area (Å²) >= 11 is 0. The normalized spacial score (nSPS) is 30.0. The van der Waals surface area contributed by atoms with Crippen LogP contribution in [0.25, 0.3) is 0 Å². The molecule has 0 aliphatic carbocycles. The van der Waals surface area contributed by atoms with Gasteiger partial charge in [0, 0.05) is 0 Å². The molecule has 1 rings (SSSR count). The minimum atomic E-state index is -0.00782. The Balaban J connectivity index is 0.00000121. The van der Waals surface area contributed by atoms with Gasteiger partial charge in [0.25, 0.3) is 0 Å². The Morgan fingerprint density at radius 1 is 1.33 bits per heavy atom. The third-order valence-corrected chi connectivity index (χ3v) is 1.65. The second-order valence-corrected chi connectivity index (χ2v) is 4.13. The topological polar surface area (TPSA) is 18.5 Å². The Hall–Kier alpha value is 0.610. The van der Waals surface area contributed by atoms with Gasteiger partial charge in [0.1, 0.15) is 12.6 Å². The van der Waals surface area contributed by atoms with Gasteiger partial charge in [0.05, 0.1) is 27.7 Å². The van der Waals surface area contributed by atoms with Crippen LogP contribution in [0.2, 0.25) is 0 Å². The van der Waals surface area contributed by atoms with Gasteiger partial charge in [0.2, 0.25) is 0 Å². The van der Waals surface area contributed by atoms with E-state index in [1.165, 1.54) is 0 Å². The number of hydrogen-bond donors (Lipinski definition) is 0. The summed E-state index contributed by atoms with van der Waals surface area (Å²) in [5.74, 6) is 0. The Morgan fingerprint density at radius 3 is 2.25 bits per heavy atom. The fourth-order valence-corrected chi connectivity index (χ4v) is 1.30. The summed E-state index contributed by atoms with van der Waals surface area (Å²) in [6.07, 6.45) is 0.275. The van der Waals surface area contributed by atoms with Crippen molar-refractivity contribution in [2.75, 3.05) is 34.3 Å². The Kier molecular flexibility index (Phi) is 4.98. The average Bonchev–Trinajstić information content (AvgIpc) is 2.10. The molecule has 12 heavy (non-hydrogen) atoms. The van der Waals surface area contributed by atoms with Gasteiger partial charge in [-0.05, 0) is 6.92 Å². The number of halogens is 1. The quantitative estimate of drug-likeness (QED) is 0.411. The average molecular weight is 287 g/mol. The summed E-state index contributed by atoms with van der Waals surface area (Å²) in [6, 6.07) is 0. The highest BCUT2D eigenvalue weighted by Gasteiger charge is 2.27. The van der Waals surface area contributed by atoms with Crippen LogP contribution in [0.1, 0.15) is 6.92 Å². The number of rotatable bonds is 2. The van der Waals surface area contributed by atoms with E-state index in [4.69, 9.17) is 9.47 Å². The van der Waals surface area contributed by atoms with Gasteiger partial charge < -0.3 is 37.9 Å². The monoisotopic (exact) mass is 287 g/mol. The maximum atomic E-state index is 5.50. The van der Waals surface area contributed by atoms with Gasteiger partial charge in [-0.25, -0.2) is 0 Å². The van der Waals surface area contributed by atoms with Crippen LogP contribution in [0.15, 0.2) is 0 Å². The van der Waals surface area contributed by atoms with E-state index >= 15 is 0 Å². The molecule has 0 unspecified atom stereocenters. The second-order valence-electron chi connectivity index (χ2n) is 4.13. The number of quaternary nitrogens is 1. The van der Waals surface area contributed by atoms with E-state index in [-0.39, 0.29) is 36.4 Å². The molecule has 1 heterocycles. The molecule has 2 atom stereocenters. The van der Waals surface area contributed by atoms with E-state index in [0.717, 1.165) is 17.6 Å². The van der Waals surface area contributed by atoms with Gasteiger partial charge in [-0.15, -0.1) is 0 Å². The van der Waals surface area contributed by atoms with Crippen molar-refractivity contribution in [2.45, 2.75) is 19.3 Å². The lowest BCUT2D eigenvalue weighted by Crippen LogP contribution is -3.00. The molecular formula is C8H18INO2. The van der Waals surface area contributed by atoms with Crippen molar-refractivity contribution in [2.24, 2.45) is 0 Å². The molecule has 1 aliphatic heterocycles. The van der Waals surface area contributed by atoms with Crippen LogP contribution in [0, 0.1) is 0 Å². The lowest BCUT2D eigenvalue weighted by molar-refractivity contribution is -0.873. The summed E-state index contributed by atoms with van der Waals surface area (Å²) in [6.45, 7) is 3.71. The minimum Gasteiger partial charge on any atom is -1.00 e. The Bertz CT molecular complexity index is 136. The van der Waals surface area contributed by atoms with Crippen LogP contribution in [0.5, 0.6) is 0 Å². The Labute approximate surface area is 91.6 Å². The molecule has 0 N–H and O–H groups in total. The number of likely N-dealkylation sites (N-methyl/N-ethyl adjacent to an activating group) is 1. The van der Waals surface area contributed by atoms with Crippen molar-refractivity contribution < 1.29 is 37.9 Å². The van der Waals surface area contributed by atoms with Crippen LogP contribution < -0.4 is 24.0 Å². The molecule has 0 spiro atoms. The first-order valence-electron chi connectivity index (χ1n) is 4.05. The summed E-state index contributed by atoms with van der Waals surface area (Å²) in [4.78, 5) is 0. The molecule has 0 saturated carbocycles. The van der Waals surface area contributed by atoms with E-state index in [1.807, 2.05) is 6.92 Å². The van der Waals surface area contributed by atoms with Crippen molar-refractivity contribution >= 4 is 0 Å². The molecule has 1 saturated heterocycles. The fraction of sp³-hybridized carbons (Fsp3) is 1.00. The van der Waals surface area contributed by atoms with Gasteiger partial charge in [-0.2, -0.15) is 0 Å². The minimum absolute atomic E-state index is 0. The summed E-state index contributed by atoms with van der Waals surface area (Å²) in [7, 11) is 6.48. The maximum Gasteiger partial charge on any atom is 0.155 e. The molecule has 74 valence electrons. The van der Waals surface area contributed by atoms with Crippen LogP contribution in [0.4, 0.5) is 0 Å². The molecule has 0 amide bonds. The molecule has 0 aromatic rings. The summed E-state index contributed by atoms with van der Waals surface area (Å²) in [5, 5.41) is 0. The van der Waals surface area contributed by atoms with Crippen LogP contribution in [0.3, 0.4) is 0 Å². The predicted molar refractivity (Wildman–Crippen MR) is 43.2 cm³/mol. The zero-order valence-electron chi connectivity index (χ0n) is 8.21. The highest BCUT2D eigenvalue weighted by Crippen LogP contribution is 2.12. The van der Waals surface area contributed by atoms with Crippen molar-refractivity contribution in [1.29, 1.82) is 0 Å². The number of ether oxygens (including phenoxy) is 2. The van der Waals surface area contributed by atoms with E-state index in [1.54, 1.807) is 0 Å². The third-order valence-electron chi connectivity index (χ3n) is 1.65. The van der Waals surface area contributed by atoms with Crippen LogP contribution in [-0.2, 0) is 9.47 Å². The third kappa shape index (κ3) is 4.59. The second kappa shape index (κ2) is 4.74. The van der Waals surface area contributed by atoms with Gasteiger partial charge in [0.15, 0.2) is 6.29 Å². The van der Waals surface area contributed by atoms with E-state index in [9.17, 15) is 0 Å². The molecule has 3 nitrogen and oxygen atoms in total. The Morgan fingerprint density at radius 2 is 1.92 bits per heavy atom. The first kappa shape index (κ1) is 12.6. The molecule has 1 aliphatic rings. The standard InChI is InChI=1S/C8H18NO2.HI/c1-7-10-6-8(11-7)5-9(2,3)4;/h7-8H,5-6H2,1-4H3;1H/q+1;/p-1/t7-,8-;/m0./s1. The highest BCUT2D eigenvalue weighted by atomic mass is 127. The zero-order valence-corrected chi connectivity index (χ0v) is 10.4. The van der Waals surface area contributed by atoms with E-state index in [2.05, 4.69) is 21.1 Å². The lowest BCUT2D eigenvalue weighted by atomic mass is 10.3. The number of nitrogens with zero attached hydrogens (tertiary/aromatic N) is 1. The van der Waals surface area contributed by atoms with Crippen molar-refractivity contribution in [3.8, 4) is 0 Å². The fourth-order valence-electron chi connectivity index (χ4n) is 1.30. The molecule has 0 aromatic carbocycles. The molecule has 0 bridgehead atoms. The smallest absolute Gasteiger partial charge is 0.155 e. The van der Waals surface area contributed by atoms with Crippen molar-refractivity contribution in [3.63, 3.8) is 0 Å². The predicted octanol–water partition coefficient (Wildman–Crippen LogP) is -2.54. The summed E-state index contributed by atoms with van der Waals surface area (Å²) < 4.78 is 11.7. The van der Waals surface area contributed by atoms with Gasteiger partial charge >= 0.3 is 0 Å². The molecule has 4 heteroatoms. The van der Waals surface area contributed by atoms with E-state index < -0.39 is 0 Å². The van der Waals surface area contributed by atoms with Crippen LogP contribution >= 0.6 is 0 Å². The van der Waals surface area contributed by atoms with E-state index in [0.29, 0.717) is 0 Å². The maximum absolute atomic E-state index is 5.50. The first-order chi connectivity index (χ1) is 4.97. The first-order valence-corrected chi connectivity index (χ1v) is 4.05. The molecular weight excluding hydrogens is 269 g/mol. The summed E-state index contributed by atoms with van der Waals surface area (Å²) in [5.41, 5.74) is 0. The largest absolute Gasteiger partial charge is 1.00 e. The lowest BCUT2D eigenvalue weighted by Gasteiger charge is -2.26. The highest BCUT2D eigenvalue weighted by molar-refractivity contribution is 4.61. The molecule has 0 aromatic heterocycles. The van der Waals surface area contributed by atoms with Crippen molar-refractivity contribution in [3.05, 3.63) is 0 Å². The van der Waals surface area contributed by atoms with Gasteiger partial charge in [-0.1, -0.05) is 0 Å². The zero-order chi connectivity index (χ0) is 8.48. The van der Waals surface area contributed by atoms with Gasteiger partial charge in [-0.3, -0.25) is 0 Å². The molecule has 1 fully saturated rings. The number of hydrogen-bond acceptors (Lipinski definition) is 2. The van der Waals surface area contributed by atoms with Crippen LogP contribution in [-0.4, -0.2) is 51.2 Å². The SMILES string of the molecule is C[C@H]1OC[C@H](C[N+](C)(C)C)O1.[I-]. The molecule has 0 radical (unpaired) electrons.